The highest BCUT2D eigenvalue weighted by atomic mass is 35.5. The zero-order chi connectivity index (χ0) is 14.3. The molecule has 0 saturated heterocycles. The number of halogens is 1. The Balaban J connectivity index is 2.91. The van der Waals surface area contributed by atoms with Gasteiger partial charge in [0.05, 0.1) is 0 Å². The van der Waals surface area contributed by atoms with Gasteiger partial charge >= 0.3 is 0 Å². The molecule has 0 aliphatic carbocycles. The van der Waals surface area contributed by atoms with Crippen LogP contribution in [0.15, 0.2) is 18.2 Å². The molecule has 1 atom stereocenters. The van der Waals surface area contributed by atoms with Gasteiger partial charge in [-0.1, -0.05) is 63.4 Å². The molecule has 0 aliphatic heterocycles. The molecule has 1 N–H and O–H groups in total. The van der Waals surface area contributed by atoms with Gasteiger partial charge in [0.1, 0.15) is 0 Å². The summed E-state index contributed by atoms with van der Waals surface area (Å²) in [6.07, 6.45) is 4.81. The summed E-state index contributed by atoms with van der Waals surface area (Å²) in [5.41, 5.74) is 2.44. The summed E-state index contributed by atoms with van der Waals surface area (Å²) in [5.74, 6) is 0.769. The first kappa shape index (κ1) is 16.5. The second-order valence-electron chi connectivity index (χ2n) is 5.40. The zero-order valence-corrected chi connectivity index (χ0v) is 13.6. The van der Waals surface area contributed by atoms with Crippen molar-refractivity contribution in [2.45, 2.75) is 59.4 Å². The van der Waals surface area contributed by atoms with Crippen LogP contribution in [0, 0.1) is 12.8 Å². The van der Waals surface area contributed by atoms with Crippen molar-refractivity contribution in [2.75, 3.05) is 6.54 Å². The Morgan fingerprint density at radius 1 is 1.16 bits per heavy atom. The minimum atomic E-state index is 0.386. The van der Waals surface area contributed by atoms with E-state index in [0.717, 1.165) is 23.9 Å². The standard InChI is InChI=1S/C17H28ClN/c1-5-11-19-16(12-14(6-2)7-3)15-10-8-9-13(4)17(15)18/h8-10,14,16,19H,5-7,11-12H2,1-4H3. The van der Waals surface area contributed by atoms with E-state index < -0.39 is 0 Å². The van der Waals surface area contributed by atoms with Crippen LogP contribution in [0.5, 0.6) is 0 Å². The van der Waals surface area contributed by atoms with Gasteiger partial charge < -0.3 is 5.32 Å². The third-order valence-electron chi connectivity index (χ3n) is 3.96. The van der Waals surface area contributed by atoms with Crippen LogP contribution in [-0.2, 0) is 0 Å². The Kier molecular flexibility index (Phi) is 7.48. The lowest BCUT2D eigenvalue weighted by atomic mass is 9.90. The molecule has 1 rings (SSSR count). The molecular weight excluding hydrogens is 254 g/mol. The summed E-state index contributed by atoms with van der Waals surface area (Å²) in [7, 11) is 0. The van der Waals surface area contributed by atoms with E-state index in [2.05, 4.69) is 51.2 Å². The predicted molar refractivity (Wildman–Crippen MR) is 85.9 cm³/mol. The summed E-state index contributed by atoms with van der Waals surface area (Å²) < 4.78 is 0. The van der Waals surface area contributed by atoms with E-state index in [1.165, 1.54) is 30.4 Å². The molecule has 0 amide bonds. The third kappa shape index (κ3) is 4.81. The molecule has 0 radical (unpaired) electrons. The number of hydrogen-bond acceptors (Lipinski definition) is 1. The molecule has 1 nitrogen and oxygen atoms in total. The SMILES string of the molecule is CCCNC(CC(CC)CC)c1cccc(C)c1Cl. The zero-order valence-electron chi connectivity index (χ0n) is 12.8. The van der Waals surface area contributed by atoms with E-state index in [1.54, 1.807) is 0 Å². The van der Waals surface area contributed by atoms with Crippen molar-refractivity contribution >= 4 is 11.6 Å². The van der Waals surface area contributed by atoms with Crippen molar-refractivity contribution in [2.24, 2.45) is 5.92 Å². The van der Waals surface area contributed by atoms with Crippen molar-refractivity contribution in [1.82, 2.24) is 5.32 Å². The fourth-order valence-electron chi connectivity index (χ4n) is 2.53. The first-order valence-corrected chi connectivity index (χ1v) is 8.00. The lowest BCUT2D eigenvalue weighted by molar-refractivity contribution is 0.371. The van der Waals surface area contributed by atoms with E-state index in [0.29, 0.717) is 6.04 Å². The molecule has 0 spiro atoms. The molecule has 1 aromatic carbocycles. The molecule has 0 bridgehead atoms. The lowest BCUT2D eigenvalue weighted by Gasteiger charge is -2.25. The maximum Gasteiger partial charge on any atom is 0.0482 e. The second-order valence-corrected chi connectivity index (χ2v) is 5.78. The maximum absolute atomic E-state index is 6.50. The normalized spacial score (nSPS) is 12.9. The second kappa shape index (κ2) is 8.60. The van der Waals surface area contributed by atoms with E-state index in [1.807, 2.05) is 0 Å². The highest BCUT2D eigenvalue weighted by molar-refractivity contribution is 6.32. The van der Waals surface area contributed by atoms with Crippen LogP contribution in [0.1, 0.15) is 63.6 Å². The van der Waals surface area contributed by atoms with Crippen LogP contribution in [0.4, 0.5) is 0 Å². The molecule has 19 heavy (non-hydrogen) atoms. The number of aryl methyl sites for hydroxylation is 1. The van der Waals surface area contributed by atoms with Gasteiger partial charge in [0.15, 0.2) is 0 Å². The highest BCUT2D eigenvalue weighted by Gasteiger charge is 2.18. The molecule has 0 aromatic heterocycles. The first-order valence-electron chi connectivity index (χ1n) is 7.62. The summed E-state index contributed by atoms with van der Waals surface area (Å²) in [6.45, 7) is 9.90. The monoisotopic (exact) mass is 281 g/mol. The Hall–Kier alpha value is -0.530. The largest absolute Gasteiger partial charge is 0.310 e. The maximum atomic E-state index is 6.50. The topological polar surface area (TPSA) is 12.0 Å². The number of nitrogens with one attached hydrogen (secondary N) is 1. The lowest BCUT2D eigenvalue weighted by Crippen LogP contribution is -2.25. The van der Waals surface area contributed by atoms with Gasteiger partial charge in [-0.15, -0.1) is 0 Å². The molecule has 2 heteroatoms. The van der Waals surface area contributed by atoms with Crippen molar-refractivity contribution in [3.8, 4) is 0 Å². The van der Waals surface area contributed by atoms with E-state index in [4.69, 9.17) is 11.6 Å². The van der Waals surface area contributed by atoms with Crippen LogP contribution in [0.3, 0.4) is 0 Å². The van der Waals surface area contributed by atoms with E-state index in [9.17, 15) is 0 Å². The average Bonchev–Trinajstić information content (AvgIpc) is 2.43. The highest BCUT2D eigenvalue weighted by Crippen LogP contribution is 2.31. The van der Waals surface area contributed by atoms with Gasteiger partial charge in [-0.3, -0.25) is 0 Å². The smallest absolute Gasteiger partial charge is 0.0482 e. The minimum Gasteiger partial charge on any atom is -0.310 e. The van der Waals surface area contributed by atoms with Gasteiger partial charge in [-0.05, 0) is 43.4 Å². The Bertz CT molecular complexity index is 372. The Labute approximate surface area is 123 Å². The van der Waals surface area contributed by atoms with E-state index in [-0.39, 0.29) is 0 Å². The van der Waals surface area contributed by atoms with Gasteiger partial charge in [-0.2, -0.15) is 0 Å². The summed E-state index contributed by atoms with van der Waals surface area (Å²) in [6, 6.07) is 6.76. The minimum absolute atomic E-state index is 0.386. The van der Waals surface area contributed by atoms with Crippen molar-refractivity contribution < 1.29 is 0 Å². The van der Waals surface area contributed by atoms with Gasteiger partial charge in [0.2, 0.25) is 0 Å². The van der Waals surface area contributed by atoms with Crippen molar-refractivity contribution in [3.63, 3.8) is 0 Å². The number of benzene rings is 1. The summed E-state index contributed by atoms with van der Waals surface area (Å²) in [5, 5.41) is 4.60. The van der Waals surface area contributed by atoms with Crippen molar-refractivity contribution in [1.29, 1.82) is 0 Å². The molecule has 0 fully saturated rings. The molecule has 0 aliphatic rings. The molecule has 1 unspecified atom stereocenters. The summed E-state index contributed by atoms with van der Waals surface area (Å²) >= 11 is 6.50. The fraction of sp³-hybridized carbons (Fsp3) is 0.647. The molecule has 1 aromatic rings. The fourth-order valence-corrected chi connectivity index (χ4v) is 2.79. The first-order chi connectivity index (χ1) is 9.13. The molecule has 0 saturated carbocycles. The van der Waals surface area contributed by atoms with Gasteiger partial charge in [-0.25, -0.2) is 0 Å². The van der Waals surface area contributed by atoms with Crippen LogP contribution >= 0.6 is 11.6 Å². The third-order valence-corrected chi connectivity index (χ3v) is 4.48. The summed E-state index contributed by atoms with van der Waals surface area (Å²) in [4.78, 5) is 0. The Morgan fingerprint density at radius 2 is 1.84 bits per heavy atom. The van der Waals surface area contributed by atoms with Crippen LogP contribution in [0.25, 0.3) is 0 Å². The van der Waals surface area contributed by atoms with Crippen LogP contribution in [0.2, 0.25) is 5.02 Å². The van der Waals surface area contributed by atoms with Crippen LogP contribution in [-0.4, -0.2) is 6.54 Å². The van der Waals surface area contributed by atoms with Gasteiger partial charge in [0.25, 0.3) is 0 Å². The van der Waals surface area contributed by atoms with E-state index >= 15 is 0 Å². The predicted octanol–water partition coefficient (Wildman–Crippen LogP) is 5.52. The number of hydrogen-bond donors (Lipinski definition) is 1. The molecule has 0 heterocycles. The molecule has 108 valence electrons. The average molecular weight is 282 g/mol. The van der Waals surface area contributed by atoms with Crippen LogP contribution < -0.4 is 5.32 Å². The van der Waals surface area contributed by atoms with Crippen molar-refractivity contribution in [3.05, 3.63) is 34.3 Å². The Morgan fingerprint density at radius 3 is 2.42 bits per heavy atom. The quantitative estimate of drug-likeness (QED) is 0.662. The number of rotatable bonds is 8. The van der Waals surface area contributed by atoms with Gasteiger partial charge in [0, 0.05) is 11.1 Å². The molecular formula is C17H28ClN.